The predicted molar refractivity (Wildman–Crippen MR) is 100 cm³/mol. The molecule has 7 heteroatoms. The smallest absolute Gasteiger partial charge is 0.287 e. The molecule has 7 nitrogen and oxygen atoms in total. The van der Waals surface area contributed by atoms with Crippen LogP contribution in [0.1, 0.15) is 16.1 Å². The summed E-state index contributed by atoms with van der Waals surface area (Å²) in [6.07, 6.45) is 5.32. The number of carbonyl (C=O) groups is 1. The molecular formula is C20H16N4O3. The van der Waals surface area contributed by atoms with Gasteiger partial charge < -0.3 is 9.73 Å². The van der Waals surface area contributed by atoms with E-state index in [0.29, 0.717) is 11.0 Å². The number of rotatable bonds is 4. The molecular weight excluding hydrogens is 344 g/mol. The van der Waals surface area contributed by atoms with Crippen molar-refractivity contribution in [3.8, 4) is 11.3 Å². The number of nitrogens with zero attached hydrogens (tertiary/aromatic N) is 3. The molecule has 4 rings (SSSR count). The zero-order valence-corrected chi connectivity index (χ0v) is 14.5. The molecule has 0 bridgehead atoms. The van der Waals surface area contributed by atoms with Gasteiger partial charge in [-0.3, -0.25) is 19.3 Å². The predicted octanol–water partition coefficient (Wildman–Crippen LogP) is 2.52. The number of hydrogen-bond donors (Lipinski definition) is 1. The van der Waals surface area contributed by atoms with Gasteiger partial charge in [-0.05, 0) is 23.8 Å². The van der Waals surface area contributed by atoms with Crippen LogP contribution in [0.25, 0.3) is 22.2 Å². The lowest BCUT2D eigenvalue weighted by molar-refractivity contribution is 0.0923. The Bertz CT molecular complexity index is 1180. The molecule has 0 aliphatic carbocycles. The van der Waals surface area contributed by atoms with Gasteiger partial charge in [0.25, 0.3) is 5.91 Å². The zero-order chi connectivity index (χ0) is 18.8. The lowest BCUT2D eigenvalue weighted by atomic mass is 10.2. The number of carbonyl (C=O) groups excluding carboxylic acids is 1. The molecule has 1 N–H and O–H groups in total. The molecule has 0 aliphatic rings. The van der Waals surface area contributed by atoms with Gasteiger partial charge >= 0.3 is 0 Å². The fourth-order valence-electron chi connectivity index (χ4n) is 2.74. The molecule has 0 fully saturated rings. The highest BCUT2D eigenvalue weighted by Crippen LogP contribution is 2.16. The van der Waals surface area contributed by atoms with Crippen molar-refractivity contribution in [2.75, 3.05) is 0 Å². The van der Waals surface area contributed by atoms with E-state index in [9.17, 15) is 9.59 Å². The number of benzene rings is 1. The van der Waals surface area contributed by atoms with E-state index < -0.39 is 5.91 Å². The summed E-state index contributed by atoms with van der Waals surface area (Å²) < 4.78 is 7.25. The quantitative estimate of drug-likeness (QED) is 0.604. The highest BCUT2D eigenvalue weighted by molar-refractivity contribution is 5.93. The van der Waals surface area contributed by atoms with E-state index in [1.807, 2.05) is 25.4 Å². The number of nitrogens with one attached hydrogen (secondary N) is 1. The van der Waals surface area contributed by atoms with Crippen LogP contribution in [0.2, 0.25) is 0 Å². The summed E-state index contributed by atoms with van der Waals surface area (Å²) in [7, 11) is 1.85. The van der Waals surface area contributed by atoms with Gasteiger partial charge in [-0.25, -0.2) is 0 Å². The first kappa shape index (κ1) is 16.7. The van der Waals surface area contributed by atoms with Crippen LogP contribution in [-0.2, 0) is 13.6 Å². The van der Waals surface area contributed by atoms with Gasteiger partial charge in [-0.1, -0.05) is 18.2 Å². The number of fused-ring (bicyclic) bond motifs is 1. The summed E-state index contributed by atoms with van der Waals surface area (Å²) in [6, 6.07) is 11.8. The van der Waals surface area contributed by atoms with Crippen LogP contribution in [0, 0.1) is 0 Å². The molecule has 0 radical (unpaired) electrons. The average molecular weight is 360 g/mol. The molecule has 134 valence electrons. The van der Waals surface area contributed by atoms with Gasteiger partial charge in [0.15, 0.2) is 11.2 Å². The Labute approximate surface area is 154 Å². The van der Waals surface area contributed by atoms with Crippen LogP contribution in [0.3, 0.4) is 0 Å². The van der Waals surface area contributed by atoms with Crippen LogP contribution in [0.5, 0.6) is 0 Å². The fourth-order valence-corrected chi connectivity index (χ4v) is 2.74. The van der Waals surface area contributed by atoms with Crippen LogP contribution >= 0.6 is 0 Å². The maximum atomic E-state index is 12.3. The van der Waals surface area contributed by atoms with E-state index in [2.05, 4.69) is 15.4 Å². The van der Waals surface area contributed by atoms with Crippen molar-refractivity contribution in [2.24, 2.45) is 7.05 Å². The summed E-state index contributed by atoms with van der Waals surface area (Å²) in [5, 5.41) is 7.31. The fraction of sp³-hybridized carbons (Fsp3) is 0.100. The van der Waals surface area contributed by atoms with Crippen molar-refractivity contribution in [3.05, 3.63) is 82.6 Å². The summed E-state index contributed by atoms with van der Waals surface area (Å²) in [5.41, 5.74) is 2.70. The van der Waals surface area contributed by atoms with Crippen LogP contribution < -0.4 is 10.7 Å². The lowest BCUT2D eigenvalue weighted by Gasteiger charge is -2.06. The van der Waals surface area contributed by atoms with Crippen molar-refractivity contribution in [1.29, 1.82) is 0 Å². The minimum absolute atomic E-state index is 0.0151. The zero-order valence-electron chi connectivity index (χ0n) is 14.5. The summed E-state index contributed by atoms with van der Waals surface area (Å²) >= 11 is 0. The molecule has 4 aromatic rings. The molecule has 0 spiro atoms. The van der Waals surface area contributed by atoms with Crippen LogP contribution in [0.4, 0.5) is 0 Å². The summed E-state index contributed by atoms with van der Waals surface area (Å²) in [5.74, 6) is -0.465. The Hall–Kier alpha value is -3.74. The van der Waals surface area contributed by atoms with E-state index in [1.165, 1.54) is 6.07 Å². The van der Waals surface area contributed by atoms with Crippen LogP contribution in [-0.4, -0.2) is 20.7 Å². The largest absolute Gasteiger partial charge is 0.451 e. The van der Waals surface area contributed by atoms with Crippen molar-refractivity contribution < 1.29 is 9.21 Å². The van der Waals surface area contributed by atoms with Crippen LogP contribution in [0.15, 0.2) is 70.3 Å². The second-order valence-corrected chi connectivity index (χ2v) is 6.11. The maximum absolute atomic E-state index is 12.3. The number of para-hydroxylation sites is 1. The molecule has 1 aromatic carbocycles. The molecule has 0 unspecified atom stereocenters. The second-order valence-electron chi connectivity index (χ2n) is 6.11. The van der Waals surface area contributed by atoms with Gasteiger partial charge in [0.2, 0.25) is 0 Å². The minimum Gasteiger partial charge on any atom is -0.451 e. The number of aryl methyl sites for hydroxylation is 1. The first-order valence-electron chi connectivity index (χ1n) is 8.35. The molecule has 0 saturated carbocycles. The van der Waals surface area contributed by atoms with E-state index in [0.717, 1.165) is 16.8 Å². The third-order valence-electron chi connectivity index (χ3n) is 4.14. The van der Waals surface area contributed by atoms with Crippen molar-refractivity contribution >= 4 is 16.9 Å². The Morgan fingerprint density at radius 1 is 1.19 bits per heavy atom. The molecule has 1 amide bonds. The van der Waals surface area contributed by atoms with E-state index >= 15 is 0 Å². The van der Waals surface area contributed by atoms with Gasteiger partial charge in [0.1, 0.15) is 5.58 Å². The van der Waals surface area contributed by atoms with Gasteiger partial charge in [0.05, 0.1) is 17.3 Å². The number of amides is 1. The molecule has 27 heavy (non-hydrogen) atoms. The second kappa shape index (κ2) is 6.87. The highest BCUT2D eigenvalue weighted by atomic mass is 16.3. The first-order valence-corrected chi connectivity index (χ1v) is 8.35. The van der Waals surface area contributed by atoms with Gasteiger partial charge in [-0.2, -0.15) is 5.10 Å². The highest BCUT2D eigenvalue weighted by Gasteiger charge is 2.12. The molecule has 3 aromatic heterocycles. The Kier molecular flexibility index (Phi) is 4.25. The monoisotopic (exact) mass is 360 g/mol. The molecule has 0 saturated heterocycles. The molecule has 3 heterocycles. The van der Waals surface area contributed by atoms with E-state index in [4.69, 9.17) is 4.42 Å². The van der Waals surface area contributed by atoms with Crippen molar-refractivity contribution in [3.63, 3.8) is 0 Å². The van der Waals surface area contributed by atoms with E-state index in [1.54, 1.807) is 41.3 Å². The normalized spacial score (nSPS) is 10.9. The van der Waals surface area contributed by atoms with Crippen molar-refractivity contribution in [2.45, 2.75) is 6.54 Å². The van der Waals surface area contributed by atoms with Crippen molar-refractivity contribution in [1.82, 2.24) is 20.1 Å². The van der Waals surface area contributed by atoms with Gasteiger partial charge in [-0.15, -0.1) is 0 Å². The third-order valence-corrected chi connectivity index (χ3v) is 4.14. The van der Waals surface area contributed by atoms with Gasteiger partial charge in [0, 0.05) is 37.6 Å². The Morgan fingerprint density at radius 3 is 2.78 bits per heavy atom. The number of aromatic nitrogens is 3. The number of hydrogen-bond acceptors (Lipinski definition) is 5. The molecule has 0 atom stereocenters. The standard InChI is InChI=1S/C20H16N4O3/c1-24-12-14(11-23-24)16-7-6-13(9-21-16)10-22-20(26)19-8-17(25)15-4-2-3-5-18(15)27-19/h2-9,11-12H,10H2,1H3,(H,22,26). The Morgan fingerprint density at radius 2 is 2.04 bits per heavy atom. The summed E-state index contributed by atoms with van der Waals surface area (Å²) in [6.45, 7) is 0.274. The first-order chi connectivity index (χ1) is 13.1. The summed E-state index contributed by atoms with van der Waals surface area (Å²) in [4.78, 5) is 28.8. The lowest BCUT2D eigenvalue weighted by Crippen LogP contribution is -2.24. The number of pyridine rings is 1. The maximum Gasteiger partial charge on any atom is 0.287 e. The minimum atomic E-state index is -0.450. The SMILES string of the molecule is Cn1cc(-c2ccc(CNC(=O)c3cc(=O)c4ccccc4o3)cn2)cn1. The topological polar surface area (TPSA) is 90.0 Å². The Balaban J connectivity index is 1.47. The molecule has 0 aliphatic heterocycles. The third kappa shape index (κ3) is 3.48. The average Bonchev–Trinajstić information content (AvgIpc) is 3.13. The van der Waals surface area contributed by atoms with E-state index in [-0.39, 0.29) is 17.7 Å².